The maximum absolute atomic E-state index is 6.14. The first-order valence-electron chi connectivity index (χ1n) is 7.01. The van der Waals surface area contributed by atoms with Crippen LogP contribution in [0.5, 0.6) is 0 Å². The molecule has 0 aromatic heterocycles. The van der Waals surface area contributed by atoms with E-state index in [0.717, 1.165) is 25.2 Å². The van der Waals surface area contributed by atoms with Crippen molar-refractivity contribution in [2.75, 3.05) is 13.2 Å². The van der Waals surface area contributed by atoms with Crippen molar-refractivity contribution in [3.05, 3.63) is 12.2 Å². The van der Waals surface area contributed by atoms with Crippen molar-refractivity contribution in [1.82, 2.24) is 0 Å². The van der Waals surface area contributed by atoms with Crippen LogP contribution in [-0.2, 0) is 8.85 Å². The van der Waals surface area contributed by atoms with Gasteiger partial charge in [-0.05, 0) is 33.1 Å². The van der Waals surface area contributed by atoms with Crippen molar-refractivity contribution in [2.45, 2.75) is 58.5 Å². The Morgan fingerprint density at radius 3 is 2.24 bits per heavy atom. The molecule has 0 radical (unpaired) electrons. The predicted octanol–water partition coefficient (Wildman–Crippen LogP) is 4.27. The maximum Gasteiger partial charge on any atom is 0.345 e. The molecule has 0 aromatic carbocycles. The van der Waals surface area contributed by atoms with Crippen LogP contribution >= 0.6 is 0 Å². The van der Waals surface area contributed by atoms with Gasteiger partial charge in [0.2, 0.25) is 0 Å². The van der Waals surface area contributed by atoms with E-state index in [1.807, 2.05) is 0 Å². The topological polar surface area (TPSA) is 18.5 Å². The molecule has 0 N–H and O–H groups in total. The van der Waals surface area contributed by atoms with Gasteiger partial charge in [0.15, 0.2) is 0 Å². The number of allylic oxidation sites excluding steroid dienone is 1. The Morgan fingerprint density at radius 2 is 1.82 bits per heavy atom. The Labute approximate surface area is 108 Å². The SMILES string of the molecule is C=C(C)C[Si](OCC)(OCC)C1CC1CCC. The molecule has 0 bridgehead atoms. The molecule has 0 amide bonds. The fraction of sp³-hybridized carbons (Fsp3) is 0.857. The molecule has 0 aliphatic heterocycles. The molecule has 1 rings (SSSR count). The average Bonchev–Trinajstić information content (AvgIpc) is 2.98. The summed E-state index contributed by atoms with van der Waals surface area (Å²) in [5, 5.41) is 0. The number of rotatable bonds is 9. The van der Waals surface area contributed by atoms with Crippen LogP contribution in [0.2, 0.25) is 11.6 Å². The molecule has 1 aliphatic carbocycles. The monoisotopic (exact) mass is 256 g/mol. The van der Waals surface area contributed by atoms with Crippen LogP contribution in [0.4, 0.5) is 0 Å². The van der Waals surface area contributed by atoms with Gasteiger partial charge >= 0.3 is 8.56 Å². The minimum atomic E-state index is -2.02. The van der Waals surface area contributed by atoms with E-state index in [-0.39, 0.29) is 0 Å². The molecular weight excluding hydrogens is 228 g/mol. The van der Waals surface area contributed by atoms with Gasteiger partial charge in [-0.15, -0.1) is 6.58 Å². The lowest BCUT2D eigenvalue weighted by Gasteiger charge is -2.31. The summed E-state index contributed by atoms with van der Waals surface area (Å²) in [4.78, 5) is 0. The van der Waals surface area contributed by atoms with E-state index in [1.54, 1.807) is 0 Å². The molecule has 100 valence electrons. The molecule has 2 nitrogen and oxygen atoms in total. The normalized spacial score (nSPS) is 23.8. The third kappa shape index (κ3) is 3.93. The molecule has 1 aliphatic rings. The summed E-state index contributed by atoms with van der Waals surface area (Å²) in [5.74, 6) is 0.851. The summed E-state index contributed by atoms with van der Waals surface area (Å²) < 4.78 is 12.3. The van der Waals surface area contributed by atoms with Crippen LogP contribution in [0.1, 0.15) is 47.0 Å². The lowest BCUT2D eigenvalue weighted by atomic mass is 10.2. The highest BCUT2D eigenvalue weighted by molar-refractivity contribution is 6.70. The van der Waals surface area contributed by atoms with E-state index in [4.69, 9.17) is 8.85 Å². The molecule has 0 spiro atoms. The molecule has 1 fully saturated rings. The van der Waals surface area contributed by atoms with Crippen molar-refractivity contribution in [3.8, 4) is 0 Å². The fourth-order valence-electron chi connectivity index (χ4n) is 2.87. The summed E-state index contributed by atoms with van der Waals surface area (Å²) >= 11 is 0. The number of hydrogen-bond acceptors (Lipinski definition) is 2. The van der Waals surface area contributed by atoms with Gasteiger partial charge in [0, 0.05) is 24.8 Å². The van der Waals surface area contributed by atoms with Crippen LogP contribution in [0.25, 0.3) is 0 Å². The van der Waals surface area contributed by atoms with E-state index in [9.17, 15) is 0 Å². The van der Waals surface area contributed by atoms with Crippen LogP contribution < -0.4 is 0 Å². The summed E-state index contributed by atoms with van der Waals surface area (Å²) in [7, 11) is -2.02. The van der Waals surface area contributed by atoms with Crippen molar-refractivity contribution in [3.63, 3.8) is 0 Å². The third-order valence-corrected chi connectivity index (χ3v) is 7.96. The van der Waals surface area contributed by atoms with Crippen molar-refractivity contribution in [1.29, 1.82) is 0 Å². The van der Waals surface area contributed by atoms with E-state index in [2.05, 4.69) is 34.3 Å². The number of hydrogen-bond donors (Lipinski definition) is 0. The van der Waals surface area contributed by atoms with Gasteiger partial charge in [-0.2, -0.15) is 0 Å². The van der Waals surface area contributed by atoms with Gasteiger partial charge in [0.1, 0.15) is 0 Å². The van der Waals surface area contributed by atoms with E-state index in [0.29, 0.717) is 5.54 Å². The summed E-state index contributed by atoms with van der Waals surface area (Å²) in [6.45, 7) is 14.1. The first-order chi connectivity index (χ1) is 8.09. The molecule has 1 saturated carbocycles. The van der Waals surface area contributed by atoms with Crippen molar-refractivity contribution in [2.24, 2.45) is 5.92 Å². The summed E-state index contributed by atoms with van der Waals surface area (Å²) in [5.41, 5.74) is 1.92. The molecule has 0 saturated heterocycles. The predicted molar refractivity (Wildman–Crippen MR) is 75.4 cm³/mol. The largest absolute Gasteiger partial charge is 0.394 e. The van der Waals surface area contributed by atoms with E-state index in [1.165, 1.54) is 24.8 Å². The van der Waals surface area contributed by atoms with Gasteiger partial charge in [-0.3, -0.25) is 0 Å². The van der Waals surface area contributed by atoms with Crippen LogP contribution in [0.15, 0.2) is 12.2 Å². The average molecular weight is 256 g/mol. The van der Waals surface area contributed by atoms with Crippen LogP contribution in [0, 0.1) is 5.92 Å². The zero-order valence-corrected chi connectivity index (χ0v) is 12.9. The highest BCUT2D eigenvalue weighted by Gasteiger charge is 2.57. The quantitative estimate of drug-likeness (QED) is 0.453. The molecule has 0 heterocycles. The Hall–Kier alpha value is -0.123. The van der Waals surface area contributed by atoms with E-state index < -0.39 is 8.56 Å². The Bertz CT molecular complexity index is 247. The second-order valence-corrected chi connectivity index (χ2v) is 8.50. The molecule has 2 unspecified atom stereocenters. The van der Waals surface area contributed by atoms with Gasteiger partial charge in [-0.25, -0.2) is 0 Å². The lowest BCUT2D eigenvalue weighted by Crippen LogP contribution is -2.43. The first-order valence-corrected chi connectivity index (χ1v) is 9.12. The third-order valence-electron chi connectivity index (χ3n) is 3.47. The summed E-state index contributed by atoms with van der Waals surface area (Å²) in [6, 6.07) is 0.972. The zero-order valence-electron chi connectivity index (χ0n) is 11.9. The Kier molecular flexibility index (Phi) is 5.90. The summed E-state index contributed by atoms with van der Waals surface area (Å²) in [6.07, 6.45) is 3.92. The Morgan fingerprint density at radius 1 is 1.24 bits per heavy atom. The zero-order chi connectivity index (χ0) is 12.9. The van der Waals surface area contributed by atoms with Gasteiger partial charge in [0.05, 0.1) is 0 Å². The van der Waals surface area contributed by atoms with Gasteiger partial charge in [0.25, 0.3) is 0 Å². The van der Waals surface area contributed by atoms with Crippen LogP contribution in [0.3, 0.4) is 0 Å². The maximum atomic E-state index is 6.14. The van der Waals surface area contributed by atoms with Crippen molar-refractivity contribution < 1.29 is 8.85 Å². The minimum absolute atomic E-state index is 0.707. The second kappa shape index (κ2) is 6.71. The van der Waals surface area contributed by atoms with Gasteiger partial charge < -0.3 is 8.85 Å². The highest BCUT2D eigenvalue weighted by Crippen LogP contribution is 2.56. The lowest BCUT2D eigenvalue weighted by molar-refractivity contribution is 0.181. The smallest absolute Gasteiger partial charge is 0.345 e. The molecule has 0 aromatic rings. The standard InChI is InChI=1S/C14H28O2Si/c1-6-9-13-10-14(13)17(15-7-2,16-8-3)11-12(4)5/h13-14H,4,6-11H2,1-3,5H3. The Balaban J connectivity index is 2.72. The second-order valence-electron chi connectivity index (χ2n) is 5.20. The van der Waals surface area contributed by atoms with Crippen molar-refractivity contribution >= 4 is 8.56 Å². The molecule has 2 atom stereocenters. The molecular formula is C14H28O2Si. The highest BCUT2D eigenvalue weighted by atomic mass is 28.4. The minimum Gasteiger partial charge on any atom is -0.394 e. The van der Waals surface area contributed by atoms with Crippen LogP contribution in [-0.4, -0.2) is 21.8 Å². The molecule has 17 heavy (non-hydrogen) atoms. The van der Waals surface area contributed by atoms with E-state index >= 15 is 0 Å². The van der Waals surface area contributed by atoms with Gasteiger partial charge in [-0.1, -0.05) is 25.3 Å². The molecule has 3 heteroatoms. The fourth-order valence-corrected chi connectivity index (χ4v) is 7.22. The first kappa shape index (κ1) is 14.9.